The Morgan fingerprint density at radius 1 is 1.31 bits per heavy atom. The van der Waals surface area contributed by atoms with Gasteiger partial charge in [-0.25, -0.2) is 17.2 Å². The summed E-state index contributed by atoms with van der Waals surface area (Å²) in [5, 5.41) is 0. The van der Waals surface area contributed by atoms with E-state index >= 15 is 0 Å². The molecule has 6 heteroatoms. The first-order valence-corrected chi connectivity index (χ1v) is 6.47. The molecule has 0 radical (unpaired) electrons. The molecule has 1 rings (SSSR count). The standard InChI is InChI=1S/C10H13F2NO2S/c1-3-6-16(14,15)13-10-8(11)5-4-7(2)9(10)12/h4-5,13H,3,6H2,1-2H3. The smallest absolute Gasteiger partial charge is 0.232 e. The van der Waals surface area contributed by atoms with Crippen LogP contribution in [0.15, 0.2) is 12.1 Å². The molecule has 0 heterocycles. The summed E-state index contributed by atoms with van der Waals surface area (Å²) < 4.78 is 51.4. The Morgan fingerprint density at radius 2 is 1.94 bits per heavy atom. The molecule has 90 valence electrons. The van der Waals surface area contributed by atoms with Crippen LogP contribution in [0.3, 0.4) is 0 Å². The molecule has 16 heavy (non-hydrogen) atoms. The molecule has 0 unspecified atom stereocenters. The van der Waals surface area contributed by atoms with Crippen LogP contribution >= 0.6 is 0 Å². The van der Waals surface area contributed by atoms with Gasteiger partial charge in [-0.3, -0.25) is 4.72 Å². The van der Waals surface area contributed by atoms with Gasteiger partial charge < -0.3 is 0 Å². The molecule has 1 N–H and O–H groups in total. The highest BCUT2D eigenvalue weighted by molar-refractivity contribution is 7.92. The number of halogens is 2. The first-order chi connectivity index (χ1) is 7.37. The summed E-state index contributed by atoms with van der Waals surface area (Å²) in [6.45, 7) is 3.11. The average molecular weight is 249 g/mol. The van der Waals surface area contributed by atoms with E-state index in [1.807, 2.05) is 4.72 Å². The van der Waals surface area contributed by atoms with Crippen LogP contribution in [0.2, 0.25) is 0 Å². The molecular formula is C10H13F2NO2S. The van der Waals surface area contributed by atoms with Crippen LogP contribution in [0.1, 0.15) is 18.9 Å². The van der Waals surface area contributed by atoms with Gasteiger partial charge in [0.2, 0.25) is 10.0 Å². The maximum Gasteiger partial charge on any atom is 0.232 e. The van der Waals surface area contributed by atoms with E-state index in [1.165, 1.54) is 13.0 Å². The molecule has 0 aliphatic rings. The van der Waals surface area contributed by atoms with E-state index in [4.69, 9.17) is 0 Å². The molecular weight excluding hydrogens is 236 g/mol. The maximum absolute atomic E-state index is 13.5. The fraction of sp³-hybridized carbons (Fsp3) is 0.400. The van der Waals surface area contributed by atoms with Crippen molar-refractivity contribution < 1.29 is 17.2 Å². The summed E-state index contributed by atoms with van der Waals surface area (Å²) in [5.41, 5.74) is -0.413. The van der Waals surface area contributed by atoms with Gasteiger partial charge in [-0.05, 0) is 25.0 Å². The van der Waals surface area contributed by atoms with Gasteiger partial charge in [0.15, 0.2) is 5.82 Å². The first kappa shape index (κ1) is 12.9. The number of nitrogens with one attached hydrogen (secondary N) is 1. The zero-order chi connectivity index (χ0) is 12.3. The summed E-state index contributed by atoms with van der Waals surface area (Å²) in [6.07, 6.45) is 0.379. The van der Waals surface area contributed by atoms with Crippen LogP contribution in [-0.2, 0) is 10.0 Å². The predicted octanol–water partition coefficient (Wildman–Crippen LogP) is 2.42. The minimum atomic E-state index is -3.68. The number of benzene rings is 1. The topological polar surface area (TPSA) is 46.2 Å². The van der Waals surface area contributed by atoms with Gasteiger partial charge in [0.25, 0.3) is 0 Å². The highest BCUT2D eigenvalue weighted by Crippen LogP contribution is 2.22. The van der Waals surface area contributed by atoms with Crippen molar-refractivity contribution in [1.82, 2.24) is 0 Å². The fourth-order valence-electron chi connectivity index (χ4n) is 1.23. The van der Waals surface area contributed by atoms with Crippen LogP contribution in [0.5, 0.6) is 0 Å². The molecule has 0 saturated heterocycles. The first-order valence-electron chi connectivity index (χ1n) is 4.82. The normalized spacial score (nSPS) is 11.5. The summed E-state index contributed by atoms with van der Waals surface area (Å²) in [7, 11) is -3.68. The SMILES string of the molecule is CCCS(=O)(=O)Nc1c(F)ccc(C)c1F. The lowest BCUT2D eigenvalue weighted by atomic mass is 10.2. The van der Waals surface area contributed by atoms with Gasteiger partial charge in [0.1, 0.15) is 11.5 Å². The van der Waals surface area contributed by atoms with E-state index in [0.29, 0.717) is 6.42 Å². The minimum absolute atomic E-state index is 0.167. The van der Waals surface area contributed by atoms with Crippen molar-refractivity contribution >= 4 is 15.7 Å². The molecule has 0 bridgehead atoms. The van der Waals surface area contributed by atoms with Crippen LogP contribution < -0.4 is 4.72 Å². The lowest BCUT2D eigenvalue weighted by molar-refractivity contribution is 0.578. The second kappa shape index (κ2) is 4.78. The van der Waals surface area contributed by atoms with Crippen molar-refractivity contribution in [3.8, 4) is 0 Å². The molecule has 0 aliphatic carbocycles. The number of hydrogen-bond acceptors (Lipinski definition) is 2. The van der Waals surface area contributed by atoms with Crippen molar-refractivity contribution in [2.24, 2.45) is 0 Å². The Balaban J connectivity index is 3.11. The minimum Gasteiger partial charge on any atom is -0.278 e. The second-order valence-corrected chi connectivity index (χ2v) is 5.32. The monoisotopic (exact) mass is 249 g/mol. The highest BCUT2D eigenvalue weighted by Gasteiger charge is 2.17. The Hall–Kier alpha value is -1.17. The molecule has 0 fully saturated rings. The molecule has 0 aromatic heterocycles. The zero-order valence-corrected chi connectivity index (χ0v) is 9.87. The largest absolute Gasteiger partial charge is 0.278 e. The Labute approximate surface area is 93.5 Å². The van der Waals surface area contributed by atoms with Gasteiger partial charge in [0.05, 0.1) is 5.75 Å². The fourth-order valence-corrected chi connectivity index (χ4v) is 2.36. The summed E-state index contributed by atoms with van der Waals surface area (Å²) in [6, 6.07) is 2.28. The van der Waals surface area contributed by atoms with Crippen LogP contribution in [-0.4, -0.2) is 14.2 Å². The van der Waals surface area contributed by atoms with Gasteiger partial charge >= 0.3 is 0 Å². The number of hydrogen-bond donors (Lipinski definition) is 1. The number of rotatable bonds is 4. The molecule has 0 amide bonds. The van der Waals surface area contributed by atoms with Gasteiger partial charge in [-0.15, -0.1) is 0 Å². The van der Waals surface area contributed by atoms with Crippen molar-refractivity contribution in [2.75, 3.05) is 10.5 Å². The van der Waals surface area contributed by atoms with Gasteiger partial charge in [0, 0.05) is 0 Å². The predicted molar refractivity (Wildman–Crippen MR) is 58.8 cm³/mol. The summed E-state index contributed by atoms with van der Waals surface area (Å²) in [4.78, 5) is 0. The Kier molecular flexibility index (Phi) is 3.85. The van der Waals surface area contributed by atoms with Crippen LogP contribution in [0.25, 0.3) is 0 Å². The van der Waals surface area contributed by atoms with Gasteiger partial charge in [-0.2, -0.15) is 0 Å². The third kappa shape index (κ3) is 2.91. The third-order valence-electron chi connectivity index (χ3n) is 2.01. The summed E-state index contributed by atoms with van der Waals surface area (Å²) in [5.74, 6) is -1.96. The molecule has 0 aliphatic heterocycles. The van der Waals surface area contributed by atoms with Crippen LogP contribution in [0.4, 0.5) is 14.5 Å². The van der Waals surface area contributed by atoms with E-state index in [2.05, 4.69) is 0 Å². The number of sulfonamides is 1. The molecule has 3 nitrogen and oxygen atoms in total. The molecule has 0 saturated carbocycles. The maximum atomic E-state index is 13.5. The van der Waals surface area contributed by atoms with Crippen molar-refractivity contribution in [1.29, 1.82) is 0 Å². The Morgan fingerprint density at radius 3 is 2.50 bits per heavy atom. The van der Waals surface area contributed by atoms with Crippen molar-refractivity contribution in [2.45, 2.75) is 20.3 Å². The summed E-state index contributed by atoms with van der Waals surface area (Å²) >= 11 is 0. The van der Waals surface area contributed by atoms with E-state index in [-0.39, 0.29) is 11.3 Å². The number of aryl methyl sites for hydroxylation is 1. The molecule has 1 aromatic carbocycles. The molecule has 0 atom stereocenters. The van der Waals surface area contributed by atoms with Crippen molar-refractivity contribution in [3.63, 3.8) is 0 Å². The number of anilines is 1. The van der Waals surface area contributed by atoms with E-state index < -0.39 is 27.3 Å². The average Bonchev–Trinajstić information content (AvgIpc) is 2.19. The molecule has 0 spiro atoms. The van der Waals surface area contributed by atoms with E-state index in [1.54, 1.807) is 6.92 Å². The third-order valence-corrected chi connectivity index (χ3v) is 3.48. The quantitative estimate of drug-likeness (QED) is 0.890. The van der Waals surface area contributed by atoms with E-state index in [0.717, 1.165) is 6.07 Å². The van der Waals surface area contributed by atoms with E-state index in [9.17, 15) is 17.2 Å². The highest BCUT2D eigenvalue weighted by atomic mass is 32.2. The Bertz CT molecular complexity index is 486. The lowest BCUT2D eigenvalue weighted by Crippen LogP contribution is -2.18. The molecule has 1 aromatic rings. The zero-order valence-electron chi connectivity index (χ0n) is 9.05. The lowest BCUT2D eigenvalue weighted by Gasteiger charge is -2.10. The van der Waals surface area contributed by atoms with Crippen molar-refractivity contribution in [3.05, 3.63) is 29.3 Å². The van der Waals surface area contributed by atoms with Gasteiger partial charge in [-0.1, -0.05) is 13.0 Å². The second-order valence-electron chi connectivity index (χ2n) is 3.47. The van der Waals surface area contributed by atoms with Crippen LogP contribution in [0, 0.1) is 18.6 Å².